The van der Waals surface area contributed by atoms with Gasteiger partial charge in [0, 0.05) is 0 Å². The second kappa shape index (κ2) is 8.24. The zero-order valence-electron chi connectivity index (χ0n) is 14.3. The average Bonchev–Trinajstić information content (AvgIpc) is 3.18. The monoisotopic (exact) mass is 354 g/mol. The van der Waals surface area contributed by atoms with E-state index in [4.69, 9.17) is 4.74 Å². The third kappa shape index (κ3) is 4.44. The summed E-state index contributed by atoms with van der Waals surface area (Å²) in [4.78, 5) is 16.0. The molecule has 26 heavy (non-hydrogen) atoms. The minimum atomic E-state index is -0.436. The Morgan fingerprint density at radius 1 is 1.23 bits per heavy atom. The molecule has 6 nitrogen and oxygen atoms in total. The molecule has 0 radical (unpaired) electrons. The van der Waals surface area contributed by atoms with E-state index in [1.54, 1.807) is 23.1 Å². The molecule has 1 heterocycles. The van der Waals surface area contributed by atoms with Crippen LogP contribution in [0, 0.1) is 5.82 Å². The number of nitrogens with one attached hydrogen (secondary N) is 1. The first-order chi connectivity index (χ1) is 12.6. The van der Waals surface area contributed by atoms with E-state index in [9.17, 15) is 9.18 Å². The summed E-state index contributed by atoms with van der Waals surface area (Å²) >= 11 is 0. The number of hydrogen-bond donors (Lipinski definition) is 1. The van der Waals surface area contributed by atoms with Crippen LogP contribution in [0.2, 0.25) is 0 Å². The summed E-state index contributed by atoms with van der Waals surface area (Å²) in [5.74, 6) is -0.444. The van der Waals surface area contributed by atoms with Crippen molar-refractivity contribution in [1.82, 2.24) is 20.1 Å². The lowest BCUT2D eigenvalue weighted by Gasteiger charge is -2.15. The molecule has 0 fully saturated rings. The Kier molecular flexibility index (Phi) is 5.58. The van der Waals surface area contributed by atoms with Gasteiger partial charge in [0.05, 0.1) is 24.8 Å². The van der Waals surface area contributed by atoms with Crippen molar-refractivity contribution in [2.75, 3.05) is 6.61 Å². The molecule has 1 aromatic heterocycles. The van der Waals surface area contributed by atoms with Crippen molar-refractivity contribution in [2.24, 2.45) is 0 Å². The van der Waals surface area contributed by atoms with Crippen molar-refractivity contribution in [2.45, 2.75) is 19.4 Å². The van der Waals surface area contributed by atoms with Gasteiger partial charge in [-0.3, -0.25) is 4.79 Å². The summed E-state index contributed by atoms with van der Waals surface area (Å²) in [6, 6.07) is 13.7. The van der Waals surface area contributed by atoms with Gasteiger partial charge < -0.3 is 10.1 Å². The van der Waals surface area contributed by atoms with E-state index < -0.39 is 5.82 Å². The Balaban J connectivity index is 1.48. The van der Waals surface area contributed by atoms with Gasteiger partial charge in [-0.1, -0.05) is 24.3 Å². The molecule has 0 saturated carbocycles. The number of amides is 1. The highest BCUT2D eigenvalue weighted by atomic mass is 19.1. The predicted molar refractivity (Wildman–Crippen MR) is 94.4 cm³/mol. The highest BCUT2D eigenvalue weighted by Crippen LogP contribution is 2.17. The first kappa shape index (κ1) is 17.6. The van der Waals surface area contributed by atoms with Crippen LogP contribution in [0.1, 0.15) is 24.9 Å². The number of nitrogens with zero attached hydrogens (tertiary/aromatic N) is 3. The summed E-state index contributed by atoms with van der Waals surface area (Å²) < 4.78 is 20.4. The molecule has 1 amide bonds. The summed E-state index contributed by atoms with van der Waals surface area (Å²) in [5, 5.41) is 6.97. The van der Waals surface area contributed by atoms with E-state index >= 15 is 0 Å². The summed E-state index contributed by atoms with van der Waals surface area (Å²) in [6.45, 7) is 2.02. The maximum Gasteiger partial charge on any atom is 0.223 e. The van der Waals surface area contributed by atoms with Crippen LogP contribution < -0.4 is 10.1 Å². The molecule has 1 N–H and O–H groups in total. The first-order valence-electron chi connectivity index (χ1n) is 8.25. The molecule has 0 aliphatic carbocycles. The minimum absolute atomic E-state index is 0.116. The number of halogens is 1. The highest BCUT2D eigenvalue weighted by Gasteiger charge is 2.11. The predicted octanol–water partition coefficient (Wildman–Crippen LogP) is 3.05. The molecule has 1 atom stereocenters. The van der Waals surface area contributed by atoms with Gasteiger partial charge in [-0.2, -0.15) is 5.10 Å². The van der Waals surface area contributed by atoms with Crippen LogP contribution >= 0.6 is 0 Å². The van der Waals surface area contributed by atoms with Crippen molar-refractivity contribution >= 4 is 5.91 Å². The molecular formula is C19H19FN4O2. The zero-order chi connectivity index (χ0) is 18.4. The highest BCUT2D eigenvalue weighted by molar-refractivity contribution is 5.76. The molecule has 0 aliphatic rings. The van der Waals surface area contributed by atoms with Gasteiger partial charge in [-0.05, 0) is 36.8 Å². The molecule has 134 valence electrons. The van der Waals surface area contributed by atoms with Crippen molar-refractivity contribution in [1.29, 1.82) is 0 Å². The topological polar surface area (TPSA) is 69.0 Å². The van der Waals surface area contributed by atoms with Crippen LogP contribution in [0.25, 0.3) is 5.69 Å². The van der Waals surface area contributed by atoms with Crippen molar-refractivity contribution in [3.8, 4) is 11.4 Å². The summed E-state index contributed by atoms with van der Waals surface area (Å²) in [6.07, 6.45) is 3.24. The van der Waals surface area contributed by atoms with Crippen molar-refractivity contribution in [3.63, 3.8) is 0 Å². The van der Waals surface area contributed by atoms with Gasteiger partial charge in [-0.25, -0.2) is 14.1 Å². The largest absolute Gasteiger partial charge is 0.490 e. The zero-order valence-corrected chi connectivity index (χ0v) is 14.3. The Morgan fingerprint density at radius 2 is 2.00 bits per heavy atom. The molecular weight excluding hydrogens is 335 g/mol. The molecule has 0 saturated heterocycles. The molecule has 3 rings (SSSR count). The number of carbonyl (C=O) groups excluding carboxylic acids is 1. The van der Waals surface area contributed by atoms with E-state index in [0.29, 0.717) is 0 Å². The van der Waals surface area contributed by atoms with Crippen LogP contribution in [0.15, 0.2) is 61.2 Å². The quantitative estimate of drug-likeness (QED) is 0.708. The minimum Gasteiger partial charge on any atom is -0.490 e. The SMILES string of the molecule is CC(NC(=O)CCOc1ccccc1F)c1ccc(-n2cncn2)cc1. The Bertz CT molecular complexity index is 850. The Hall–Kier alpha value is -3.22. The molecule has 3 aromatic rings. The van der Waals surface area contributed by atoms with Crippen LogP contribution in [0.5, 0.6) is 5.75 Å². The van der Waals surface area contributed by atoms with Crippen LogP contribution in [0.3, 0.4) is 0 Å². The first-order valence-corrected chi connectivity index (χ1v) is 8.25. The van der Waals surface area contributed by atoms with Gasteiger partial charge in [-0.15, -0.1) is 0 Å². The lowest BCUT2D eigenvalue weighted by atomic mass is 10.1. The second-order valence-electron chi connectivity index (χ2n) is 5.75. The normalized spacial score (nSPS) is 11.8. The number of para-hydroxylation sites is 1. The molecule has 1 unspecified atom stereocenters. The Labute approximate surface area is 150 Å². The van der Waals surface area contributed by atoms with E-state index in [-0.39, 0.29) is 30.7 Å². The molecule has 0 spiro atoms. The smallest absolute Gasteiger partial charge is 0.223 e. The third-order valence-electron chi connectivity index (χ3n) is 3.88. The summed E-state index contributed by atoms with van der Waals surface area (Å²) in [5.41, 5.74) is 1.86. The van der Waals surface area contributed by atoms with Gasteiger partial charge in [0.2, 0.25) is 5.91 Å². The lowest BCUT2D eigenvalue weighted by Crippen LogP contribution is -2.27. The van der Waals surface area contributed by atoms with Crippen LogP contribution in [-0.2, 0) is 4.79 Å². The fourth-order valence-electron chi connectivity index (χ4n) is 2.47. The van der Waals surface area contributed by atoms with E-state index in [1.165, 1.54) is 18.5 Å². The van der Waals surface area contributed by atoms with E-state index in [0.717, 1.165) is 11.3 Å². The number of aromatic nitrogens is 3. The third-order valence-corrected chi connectivity index (χ3v) is 3.88. The fourth-order valence-corrected chi connectivity index (χ4v) is 2.47. The van der Waals surface area contributed by atoms with Gasteiger partial charge >= 0.3 is 0 Å². The fraction of sp³-hybridized carbons (Fsp3) is 0.211. The van der Waals surface area contributed by atoms with E-state index in [2.05, 4.69) is 15.4 Å². The van der Waals surface area contributed by atoms with E-state index in [1.807, 2.05) is 31.2 Å². The number of benzene rings is 2. The van der Waals surface area contributed by atoms with Crippen LogP contribution in [0.4, 0.5) is 4.39 Å². The van der Waals surface area contributed by atoms with Crippen LogP contribution in [-0.4, -0.2) is 27.3 Å². The standard InChI is InChI=1S/C19H19FN4O2/c1-14(15-6-8-16(9-7-15)24-13-21-12-22-24)23-19(25)10-11-26-18-5-3-2-4-17(18)20/h2-9,12-14H,10-11H2,1H3,(H,23,25). The summed E-state index contributed by atoms with van der Waals surface area (Å²) in [7, 11) is 0. The van der Waals surface area contributed by atoms with Crippen molar-refractivity contribution < 1.29 is 13.9 Å². The number of rotatable bonds is 7. The lowest BCUT2D eigenvalue weighted by molar-refractivity contribution is -0.122. The van der Waals surface area contributed by atoms with Gasteiger partial charge in [0.1, 0.15) is 12.7 Å². The number of ether oxygens (including phenoxy) is 1. The number of hydrogen-bond acceptors (Lipinski definition) is 4. The molecule has 7 heteroatoms. The molecule has 0 aliphatic heterocycles. The second-order valence-corrected chi connectivity index (χ2v) is 5.75. The van der Waals surface area contributed by atoms with Gasteiger partial charge in [0.25, 0.3) is 0 Å². The van der Waals surface area contributed by atoms with Crippen molar-refractivity contribution in [3.05, 3.63) is 72.6 Å². The Morgan fingerprint density at radius 3 is 2.69 bits per heavy atom. The molecule has 0 bridgehead atoms. The average molecular weight is 354 g/mol. The number of carbonyl (C=O) groups is 1. The maximum atomic E-state index is 13.4. The molecule has 2 aromatic carbocycles. The van der Waals surface area contributed by atoms with Gasteiger partial charge in [0.15, 0.2) is 11.6 Å². The maximum absolute atomic E-state index is 13.4.